The van der Waals surface area contributed by atoms with Crippen molar-refractivity contribution in [2.45, 2.75) is 19.6 Å². The van der Waals surface area contributed by atoms with Gasteiger partial charge in [-0.25, -0.2) is 19.9 Å². The Morgan fingerprint density at radius 3 is 2.78 bits per heavy atom. The maximum absolute atomic E-state index is 6.43. The lowest BCUT2D eigenvalue weighted by Gasteiger charge is -2.12. The SMILES string of the molecule is C[C@H]1COC(Nc2ccc3ncnc(Nc4ccc(OCc5nccs5)c(Cl)c4)c3c2)=N1. The lowest BCUT2D eigenvalue weighted by molar-refractivity contribution is 0.306. The molecule has 2 N–H and O–H groups in total. The third-order valence-electron chi connectivity index (χ3n) is 4.71. The second kappa shape index (κ2) is 8.97. The normalized spacial score (nSPS) is 15.3. The van der Waals surface area contributed by atoms with Crippen molar-refractivity contribution in [3.63, 3.8) is 0 Å². The summed E-state index contributed by atoms with van der Waals surface area (Å²) in [6.45, 7) is 2.96. The summed E-state index contributed by atoms with van der Waals surface area (Å²) in [5.41, 5.74) is 2.43. The van der Waals surface area contributed by atoms with Gasteiger partial charge in [0.15, 0.2) is 0 Å². The first-order valence-corrected chi connectivity index (χ1v) is 11.2. The minimum atomic E-state index is 0.150. The number of ether oxygens (including phenoxy) is 2. The Labute approximate surface area is 193 Å². The molecule has 162 valence electrons. The smallest absolute Gasteiger partial charge is 0.289 e. The van der Waals surface area contributed by atoms with E-state index in [-0.39, 0.29) is 6.04 Å². The van der Waals surface area contributed by atoms with Gasteiger partial charge in [-0.1, -0.05) is 11.6 Å². The zero-order valence-electron chi connectivity index (χ0n) is 17.1. The lowest BCUT2D eigenvalue weighted by atomic mass is 10.2. The lowest BCUT2D eigenvalue weighted by Crippen LogP contribution is -2.11. The number of halogens is 1. The van der Waals surface area contributed by atoms with Crippen molar-refractivity contribution < 1.29 is 9.47 Å². The molecular weight excluding hydrogens is 448 g/mol. The summed E-state index contributed by atoms with van der Waals surface area (Å²) in [5.74, 6) is 1.26. The van der Waals surface area contributed by atoms with Crippen LogP contribution in [0.15, 0.2) is 59.3 Å². The number of aliphatic imine (C=N–C) groups is 1. The molecule has 1 aliphatic rings. The Morgan fingerprint density at radius 2 is 2.00 bits per heavy atom. The predicted molar refractivity (Wildman–Crippen MR) is 127 cm³/mol. The van der Waals surface area contributed by atoms with Gasteiger partial charge in [-0.15, -0.1) is 11.3 Å². The highest BCUT2D eigenvalue weighted by molar-refractivity contribution is 7.09. The van der Waals surface area contributed by atoms with E-state index in [1.807, 2.05) is 42.6 Å². The number of aromatic nitrogens is 3. The molecule has 3 heterocycles. The molecule has 0 radical (unpaired) electrons. The molecule has 5 rings (SSSR count). The molecule has 2 aromatic heterocycles. The standard InChI is InChI=1S/C22H19ClN6O2S/c1-13-10-31-22(27-13)29-14-2-4-18-16(8-14)21(26-12-25-18)28-15-3-5-19(17(23)9-15)30-11-20-24-6-7-32-20/h2-9,12-13H,10-11H2,1H3,(H,27,29)(H,25,26,28)/t13-/m0/s1. The molecule has 0 fully saturated rings. The fourth-order valence-electron chi connectivity index (χ4n) is 3.20. The van der Waals surface area contributed by atoms with Crippen LogP contribution in [-0.2, 0) is 11.3 Å². The number of anilines is 3. The van der Waals surface area contributed by atoms with Crippen molar-refractivity contribution in [3.8, 4) is 5.75 Å². The summed E-state index contributed by atoms with van der Waals surface area (Å²) in [6.07, 6.45) is 3.27. The maximum Gasteiger partial charge on any atom is 0.289 e. The number of nitrogens with one attached hydrogen (secondary N) is 2. The zero-order valence-corrected chi connectivity index (χ0v) is 18.7. The van der Waals surface area contributed by atoms with Crippen LogP contribution < -0.4 is 15.4 Å². The number of fused-ring (bicyclic) bond motifs is 1. The average molecular weight is 467 g/mol. The molecule has 0 saturated heterocycles. The quantitative estimate of drug-likeness (QED) is 0.401. The molecule has 8 nitrogen and oxygen atoms in total. The summed E-state index contributed by atoms with van der Waals surface area (Å²) in [5, 5.41) is 10.7. The van der Waals surface area contributed by atoms with E-state index in [1.165, 1.54) is 17.7 Å². The van der Waals surface area contributed by atoms with Gasteiger partial charge in [0, 0.05) is 28.3 Å². The Kier molecular flexibility index (Phi) is 5.74. The van der Waals surface area contributed by atoms with Crippen molar-refractivity contribution in [3.05, 3.63) is 64.3 Å². The molecule has 0 saturated carbocycles. The van der Waals surface area contributed by atoms with Crippen LogP contribution in [0, 0.1) is 0 Å². The molecule has 1 aliphatic heterocycles. The van der Waals surface area contributed by atoms with Gasteiger partial charge in [-0.3, -0.25) is 0 Å². The molecule has 4 aromatic rings. The Hall–Kier alpha value is -3.43. The van der Waals surface area contributed by atoms with E-state index in [0.717, 1.165) is 27.3 Å². The van der Waals surface area contributed by atoms with Crippen molar-refractivity contribution >= 4 is 57.1 Å². The average Bonchev–Trinajstić information content (AvgIpc) is 3.45. The first kappa shape index (κ1) is 20.5. The number of thiazole rings is 1. The molecule has 2 aromatic carbocycles. The third-order valence-corrected chi connectivity index (χ3v) is 5.76. The van der Waals surface area contributed by atoms with E-state index in [2.05, 4.69) is 30.6 Å². The fraction of sp³-hybridized carbons (Fsp3) is 0.182. The number of amidine groups is 1. The van der Waals surface area contributed by atoms with Gasteiger partial charge in [-0.2, -0.15) is 0 Å². The van der Waals surface area contributed by atoms with Crippen molar-refractivity contribution in [2.75, 3.05) is 17.2 Å². The molecule has 0 amide bonds. The molecule has 32 heavy (non-hydrogen) atoms. The van der Waals surface area contributed by atoms with Crippen LogP contribution in [-0.4, -0.2) is 33.6 Å². The first-order chi connectivity index (χ1) is 15.6. The summed E-state index contributed by atoms with van der Waals surface area (Å²) in [7, 11) is 0. The molecule has 1 atom stereocenters. The summed E-state index contributed by atoms with van der Waals surface area (Å²) in [6, 6.07) is 12.0. The largest absolute Gasteiger partial charge is 0.485 e. The van der Waals surface area contributed by atoms with Gasteiger partial charge in [0.2, 0.25) is 0 Å². The Morgan fingerprint density at radius 1 is 1.12 bits per heavy atom. The molecule has 10 heteroatoms. The fourth-order valence-corrected chi connectivity index (χ4v) is 3.96. The first-order valence-electron chi connectivity index (χ1n) is 9.94. The van der Waals surface area contributed by atoms with Gasteiger partial charge < -0.3 is 20.1 Å². The third kappa shape index (κ3) is 4.58. The van der Waals surface area contributed by atoms with Crippen molar-refractivity contribution in [1.82, 2.24) is 15.0 Å². The van der Waals surface area contributed by atoms with E-state index >= 15 is 0 Å². The van der Waals surface area contributed by atoms with Gasteiger partial charge in [-0.05, 0) is 43.3 Å². The minimum absolute atomic E-state index is 0.150. The Bertz CT molecular complexity index is 1280. The number of benzene rings is 2. The van der Waals surface area contributed by atoms with E-state index < -0.39 is 0 Å². The van der Waals surface area contributed by atoms with Crippen molar-refractivity contribution in [2.24, 2.45) is 4.99 Å². The maximum atomic E-state index is 6.43. The number of hydrogen-bond acceptors (Lipinski definition) is 9. The summed E-state index contributed by atoms with van der Waals surface area (Å²) >= 11 is 7.97. The van der Waals surface area contributed by atoms with E-state index in [4.69, 9.17) is 21.1 Å². The Balaban J connectivity index is 1.35. The molecular formula is C22H19ClN6O2S. The van der Waals surface area contributed by atoms with Crippen LogP contribution >= 0.6 is 22.9 Å². The molecule has 0 unspecified atom stereocenters. The van der Waals surface area contributed by atoms with E-state index in [9.17, 15) is 0 Å². The van der Waals surface area contributed by atoms with Crippen LogP contribution in [0.3, 0.4) is 0 Å². The number of nitrogens with zero attached hydrogens (tertiary/aromatic N) is 4. The minimum Gasteiger partial charge on any atom is -0.485 e. The second-order valence-corrected chi connectivity index (χ2v) is 8.54. The topological polar surface area (TPSA) is 93.5 Å². The molecule has 0 aliphatic carbocycles. The second-order valence-electron chi connectivity index (χ2n) is 7.16. The summed E-state index contributed by atoms with van der Waals surface area (Å²) in [4.78, 5) is 17.4. The zero-order chi connectivity index (χ0) is 21.9. The molecule has 0 bridgehead atoms. The van der Waals surface area contributed by atoms with Crippen LogP contribution in [0.1, 0.15) is 11.9 Å². The number of hydrogen-bond donors (Lipinski definition) is 2. The van der Waals surface area contributed by atoms with E-state index in [1.54, 1.807) is 12.3 Å². The number of rotatable bonds is 6. The monoisotopic (exact) mass is 466 g/mol. The molecule has 0 spiro atoms. The van der Waals surface area contributed by atoms with Crippen molar-refractivity contribution in [1.29, 1.82) is 0 Å². The van der Waals surface area contributed by atoms with Gasteiger partial charge >= 0.3 is 0 Å². The van der Waals surface area contributed by atoms with E-state index in [0.29, 0.717) is 35.8 Å². The van der Waals surface area contributed by atoms with Crippen LogP contribution in [0.4, 0.5) is 17.2 Å². The highest BCUT2D eigenvalue weighted by Gasteiger charge is 2.15. The van der Waals surface area contributed by atoms with Gasteiger partial charge in [0.1, 0.15) is 36.1 Å². The van der Waals surface area contributed by atoms with Gasteiger partial charge in [0.25, 0.3) is 6.02 Å². The summed E-state index contributed by atoms with van der Waals surface area (Å²) < 4.78 is 11.3. The van der Waals surface area contributed by atoms with Crippen LogP contribution in [0.5, 0.6) is 5.75 Å². The highest BCUT2D eigenvalue weighted by atomic mass is 35.5. The van der Waals surface area contributed by atoms with Gasteiger partial charge in [0.05, 0.1) is 16.6 Å². The predicted octanol–water partition coefficient (Wildman–Crippen LogP) is 5.25. The highest BCUT2D eigenvalue weighted by Crippen LogP contribution is 2.31. The van der Waals surface area contributed by atoms with Crippen LogP contribution in [0.25, 0.3) is 10.9 Å². The van der Waals surface area contributed by atoms with Crippen LogP contribution in [0.2, 0.25) is 5.02 Å².